The Morgan fingerprint density at radius 1 is 1.37 bits per heavy atom. The molecule has 2 fully saturated rings. The molecule has 1 saturated carbocycles. The summed E-state index contributed by atoms with van der Waals surface area (Å²) in [5.41, 5.74) is 2.09. The molecule has 0 radical (unpaired) electrons. The molecule has 1 aliphatic heterocycles. The van der Waals surface area contributed by atoms with Crippen molar-refractivity contribution >= 4 is 23.2 Å². The first-order valence-electron chi connectivity index (χ1n) is 9.35. The lowest BCUT2D eigenvalue weighted by Crippen LogP contribution is -2.56. The lowest BCUT2D eigenvalue weighted by atomic mass is 9.61. The molecule has 1 N–H and O–H groups in total. The third kappa shape index (κ3) is 3.38. The predicted octanol–water partition coefficient (Wildman–Crippen LogP) is 2.47. The summed E-state index contributed by atoms with van der Waals surface area (Å²) in [4.78, 5) is 31.7. The van der Waals surface area contributed by atoms with E-state index in [0.29, 0.717) is 36.0 Å². The van der Waals surface area contributed by atoms with Gasteiger partial charge in [0.15, 0.2) is 0 Å². The van der Waals surface area contributed by atoms with Gasteiger partial charge < -0.3 is 14.7 Å². The number of piperidine rings is 1. The number of nitrogens with zero attached hydrogens (tertiary/aromatic N) is 3. The summed E-state index contributed by atoms with van der Waals surface area (Å²) in [6.45, 7) is 7.34. The Morgan fingerprint density at radius 2 is 2.19 bits per heavy atom. The number of amides is 2. The summed E-state index contributed by atoms with van der Waals surface area (Å²) >= 11 is 1.59. The van der Waals surface area contributed by atoms with Crippen molar-refractivity contribution in [1.29, 1.82) is 0 Å². The van der Waals surface area contributed by atoms with Gasteiger partial charge in [-0.05, 0) is 45.4 Å². The summed E-state index contributed by atoms with van der Waals surface area (Å²) in [7, 11) is 0. The van der Waals surface area contributed by atoms with Crippen LogP contribution in [0.25, 0.3) is 0 Å². The number of rotatable bonds is 4. The minimum absolute atomic E-state index is 0.0185. The molecule has 3 heterocycles. The average Bonchev–Trinajstić information content (AvgIpc) is 3.18. The molecule has 0 spiro atoms. The third-order valence-corrected chi connectivity index (χ3v) is 6.68. The molecule has 0 unspecified atom stereocenters. The number of likely N-dealkylation sites (tertiary alicyclic amines) is 1. The quantitative estimate of drug-likeness (QED) is 0.869. The highest BCUT2D eigenvalue weighted by atomic mass is 32.1. The lowest BCUT2D eigenvalue weighted by Gasteiger charge is -2.50. The molecule has 0 aromatic carbocycles. The standard InChI is InChI=1S/C19H24N4O3S/c1-10-17(11(2)26-22-10)19(25)23-5-4-13-6-15(16(13)8-23)18(24)20-7-14-9-27-12(3)21-14/h9,13,15-16H,4-8H2,1-3H3,(H,20,24)/t13-,15-,16-/m1/s1. The van der Waals surface area contributed by atoms with Crippen molar-refractivity contribution in [3.8, 4) is 0 Å². The highest BCUT2D eigenvalue weighted by Crippen LogP contribution is 2.46. The van der Waals surface area contributed by atoms with E-state index in [1.165, 1.54) is 0 Å². The average molecular weight is 388 g/mol. The predicted molar refractivity (Wildman–Crippen MR) is 100 cm³/mol. The van der Waals surface area contributed by atoms with Gasteiger partial charge in [-0.2, -0.15) is 0 Å². The van der Waals surface area contributed by atoms with Crippen LogP contribution in [-0.2, 0) is 11.3 Å². The number of carbonyl (C=O) groups excluding carboxylic acids is 2. The van der Waals surface area contributed by atoms with Crippen LogP contribution < -0.4 is 5.32 Å². The summed E-state index contributed by atoms with van der Waals surface area (Å²) in [6, 6.07) is 0. The van der Waals surface area contributed by atoms with Crippen molar-refractivity contribution in [1.82, 2.24) is 20.4 Å². The van der Waals surface area contributed by atoms with Crippen molar-refractivity contribution < 1.29 is 14.1 Å². The van der Waals surface area contributed by atoms with E-state index < -0.39 is 0 Å². The van der Waals surface area contributed by atoms with E-state index in [0.717, 1.165) is 30.1 Å². The molecule has 2 aromatic heterocycles. The minimum Gasteiger partial charge on any atom is -0.361 e. The topological polar surface area (TPSA) is 88.3 Å². The highest BCUT2D eigenvalue weighted by molar-refractivity contribution is 7.09. The van der Waals surface area contributed by atoms with E-state index in [-0.39, 0.29) is 23.7 Å². The fraction of sp³-hybridized carbons (Fsp3) is 0.579. The smallest absolute Gasteiger partial charge is 0.259 e. The van der Waals surface area contributed by atoms with Crippen LogP contribution in [-0.4, -0.2) is 39.9 Å². The van der Waals surface area contributed by atoms with E-state index in [2.05, 4.69) is 15.5 Å². The normalized spacial score (nSPS) is 24.3. The highest BCUT2D eigenvalue weighted by Gasteiger charge is 2.48. The number of nitrogens with one attached hydrogen (secondary N) is 1. The molecule has 2 amide bonds. The zero-order valence-corrected chi connectivity index (χ0v) is 16.6. The Balaban J connectivity index is 1.37. The first-order chi connectivity index (χ1) is 12.9. The summed E-state index contributed by atoms with van der Waals surface area (Å²) in [5.74, 6) is 1.36. The van der Waals surface area contributed by atoms with Gasteiger partial charge in [0.2, 0.25) is 5.91 Å². The Kier molecular flexibility index (Phi) is 4.75. The number of aryl methyl sites for hydroxylation is 3. The second-order valence-corrected chi connectivity index (χ2v) is 8.64. The summed E-state index contributed by atoms with van der Waals surface area (Å²) in [6.07, 6.45) is 1.87. The van der Waals surface area contributed by atoms with Crippen molar-refractivity contribution in [2.75, 3.05) is 13.1 Å². The van der Waals surface area contributed by atoms with Gasteiger partial charge in [-0.3, -0.25) is 9.59 Å². The van der Waals surface area contributed by atoms with Crippen molar-refractivity contribution in [2.24, 2.45) is 17.8 Å². The van der Waals surface area contributed by atoms with Gasteiger partial charge in [0, 0.05) is 24.4 Å². The van der Waals surface area contributed by atoms with Crippen LogP contribution in [0.1, 0.15) is 45.4 Å². The fourth-order valence-corrected chi connectivity index (χ4v) is 4.93. The van der Waals surface area contributed by atoms with Crippen molar-refractivity contribution in [3.05, 3.63) is 33.1 Å². The van der Waals surface area contributed by atoms with Crippen molar-refractivity contribution in [3.63, 3.8) is 0 Å². The maximum Gasteiger partial charge on any atom is 0.259 e. The number of aromatic nitrogens is 2. The van der Waals surface area contributed by atoms with Crippen LogP contribution in [0.15, 0.2) is 9.90 Å². The first-order valence-corrected chi connectivity index (χ1v) is 10.2. The van der Waals surface area contributed by atoms with Crippen LogP contribution in [0, 0.1) is 38.5 Å². The summed E-state index contributed by atoms with van der Waals surface area (Å²) in [5, 5.41) is 9.88. The zero-order valence-electron chi connectivity index (χ0n) is 15.8. The summed E-state index contributed by atoms with van der Waals surface area (Å²) < 4.78 is 5.14. The monoisotopic (exact) mass is 388 g/mol. The number of hydrogen-bond donors (Lipinski definition) is 1. The van der Waals surface area contributed by atoms with Crippen molar-refractivity contribution in [2.45, 2.75) is 40.2 Å². The van der Waals surface area contributed by atoms with Crippen LogP contribution in [0.3, 0.4) is 0 Å². The van der Waals surface area contributed by atoms with E-state index in [1.807, 2.05) is 17.2 Å². The van der Waals surface area contributed by atoms with Gasteiger partial charge in [0.1, 0.15) is 11.3 Å². The van der Waals surface area contributed by atoms with E-state index in [1.54, 1.807) is 25.2 Å². The molecule has 8 heteroatoms. The minimum atomic E-state index is -0.0336. The molecule has 27 heavy (non-hydrogen) atoms. The molecule has 3 atom stereocenters. The van der Waals surface area contributed by atoms with Gasteiger partial charge >= 0.3 is 0 Å². The third-order valence-electron chi connectivity index (χ3n) is 5.86. The Bertz CT molecular complexity index is 855. The molecule has 7 nitrogen and oxygen atoms in total. The molecule has 0 bridgehead atoms. The molecule has 2 aliphatic rings. The second-order valence-electron chi connectivity index (χ2n) is 7.58. The number of fused-ring (bicyclic) bond motifs is 1. The van der Waals surface area contributed by atoms with E-state index in [4.69, 9.17) is 4.52 Å². The van der Waals surface area contributed by atoms with E-state index >= 15 is 0 Å². The first kappa shape index (κ1) is 18.2. The molecule has 1 saturated heterocycles. The lowest BCUT2D eigenvalue weighted by molar-refractivity contribution is -0.136. The SMILES string of the molecule is Cc1nc(CNC(=O)[C@@H]2C[C@H]3CCN(C(=O)c4c(C)noc4C)C[C@H]32)cs1. The number of hydrogen-bond acceptors (Lipinski definition) is 6. The number of carbonyl (C=O) groups is 2. The molecule has 1 aliphatic carbocycles. The number of thiazole rings is 1. The van der Waals surface area contributed by atoms with Gasteiger partial charge in [0.25, 0.3) is 5.91 Å². The molecular formula is C19H24N4O3S. The Labute approximate surface area is 162 Å². The van der Waals surface area contributed by atoms with Crippen LogP contribution in [0.5, 0.6) is 0 Å². The van der Waals surface area contributed by atoms with Gasteiger partial charge in [-0.1, -0.05) is 5.16 Å². The zero-order chi connectivity index (χ0) is 19.1. The second kappa shape index (κ2) is 7.07. The van der Waals surface area contributed by atoms with Gasteiger partial charge in [0.05, 0.1) is 22.9 Å². The maximum absolute atomic E-state index is 12.9. The Hall–Kier alpha value is -2.22. The Morgan fingerprint density at radius 3 is 2.85 bits per heavy atom. The van der Waals surface area contributed by atoms with Crippen LogP contribution >= 0.6 is 11.3 Å². The molecule has 144 valence electrons. The van der Waals surface area contributed by atoms with Gasteiger partial charge in [-0.25, -0.2) is 4.98 Å². The van der Waals surface area contributed by atoms with Crippen LogP contribution in [0.2, 0.25) is 0 Å². The fourth-order valence-electron chi connectivity index (χ4n) is 4.31. The largest absolute Gasteiger partial charge is 0.361 e. The van der Waals surface area contributed by atoms with Crippen LogP contribution in [0.4, 0.5) is 0 Å². The molecule has 2 aromatic rings. The molecular weight excluding hydrogens is 364 g/mol. The maximum atomic E-state index is 12.9. The van der Waals surface area contributed by atoms with E-state index in [9.17, 15) is 9.59 Å². The molecule has 4 rings (SSSR count). The van der Waals surface area contributed by atoms with Gasteiger partial charge in [-0.15, -0.1) is 11.3 Å².